The molecule has 3 rings (SSSR count). The summed E-state index contributed by atoms with van der Waals surface area (Å²) in [5.41, 5.74) is 7.53. The van der Waals surface area contributed by atoms with Crippen molar-refractivity contribution >= 4 is 22.4 Å². The lowest BCUT2D eigenvalue weighted by Crippen LogP contribution is -2.23. The fourth-order valence-electron chi connectivity index (χ4n) is 2.49. The third-order valence-electron chi connectivity index (χ3n) is 3.46. The Kier molecular flexibility index (Phi) is 2.80. The van der Waals surface area contributed by atoms with E-state index in [4.69, 9.17) is 5.73 Å². The van der Waals surface area contributed by atoms with Crippen LogP contribution in [-0.2, 0) is 0 Å². The lowest BCUT2D eigenvalue weighted by molar-refractivity contribution is 0.414. The van der Waals surface area contributed by atoms with E-state index in [1.165, 1.54) is 6.42 Å². The van der Waals surface area contributed by atoms with Crippen LogP contribution >= 0.6 is 0 Å². The van der Waals surface area contributed by atoms with E-state index in [0.717, 1.165) is 35.5 Å². The number of likely N-dealkylation sites (N-methyl/N-ethyl adjacent to an activating group) is 1. The van der Waals surface area contributed by atoms with Crippen molar-refractivity contribution in [2.24, 2.45) is 0 Å². The maximum absolute atomic E-state index is 5.76. The Morgan fingerprint density at radius 3 is 3.00 bits per heavy atom. The van der Waals surface area contributed by atoms with Gasteiger partial charge in [0.05, 0.1) is 5.52 Å². The van der Waals surface area contributed by atoms with Gasteiger partial charge in [-0.05, 0) is 50.3 Å². The summed E-state index contributed by atoms with van der Waals surface area (Å²) < 4.78 is 0. The largest absolute Gasteiger partial charge is 0.399 e. The van der Waals surface area contributed by atoms with Gasteiger partial charge in [0.1, 0.15) is 5.82 Å². The highest BCUT2D eigenvalue weighted by atomic mass is 15.2. The summed E-state index contributed by atoms with van der Waals surface area (Å²) in [6.45, 7) is 2.24. The van der Waals surface area contributed by atoms with Crippen LogP contribution in [0.4, 0.5) is 11.5 Å². The molecular weight excluding hydrogens is 224 g/mol. The van der Waals surface area contributed by atoms with E-state index in [1.54, 1.807) is 0 Å². The van der Waals surface area contributed by atoms with Crippen molar-refractivity contribution in [1.29, 1.82) is 0 Å². The van der Waals surface area contributed by atoms with E-state index in [9.17, 15) is 0 Å². The van der Waals surface area contributed by atoms with Crippen molar-refractivity contribution in [2.75, 3.05) is 31.2 Å². The number of hydrogen-bond acceptors (Lipinski definition) is 4. The summed E-state index contributed by atoms with van der Waals surface area (Å²) in [6.07, 6.45) is 1.18. The zero-order chi connectivity index (χ0) is 12.5. The van der Waals surface area contributed by atoms with Gasteiger partial charge in [-0.3, -0.25) is 0 Å². The smallest absolute Gasteiger partial charge is 0.126 e. The lowest BCUT2D eigenvalue weighted by atomic mass is 10.2. The van der Waals surface area contributed by atoms with Crippen LogP contribution in [0.2, 0.25) is 0 Å². The molecular formula is C14H18N4. The summed E-state index contributed by atoms with van der Waals surface area (Å²) >= 11 is 0. The highest BCUT2D eigenvalue weighted by Crippen LogP contribution is 2.19. The van der Waals surface area contributed by atoms with Crippen LogP contribution in [0.3, 0.4) is 0 Å². The van der Waals surface area contributed by atoms with Gasteiger partial charge in [-0.15, -0.1) is 0 Å². The molecule has 1 unspecified atom stereocenters. The Balaban J connectivity index is 1.82. The van der Waals surface area contributed by atoms with E-state index >= 15 is 0 Å². The molecule has 4 nitrogen and oxygen atoms in total. The molecule has 2 aromatic rings. The second-order valence-electron chi connectivity index (χ2n) is 5.04. The number of fused-ring (bicyclic) bond motifs is 1. The molecule has 0 bridgehead atoms. The maximum Gasteiger partial charge on any atom is 0.126 e. The average molecular weight is 242 g/mol. The molecule has 0 amide bonds. The summed E-state index contributed by atoms with van der Waals surface area (Å²) in [4.78, 5) is 6.95. The number of nitrogens with two attached hydrogens (primary N) is 1. The van der Waals surface area contributed by atoms with Gasteiger partial charge in [0, 0.05) is 23.7 Å². The zero-order valence-electron chi connectivity index (χ0n) is 10.6. The van der Waals surface area contributed by atoms with Crippen LogP contribution in [0, 0.1) is 0 Å². The Labute approximate surface area is 107 Å². The maximum atomic E-state index is 5.76. The van der Waals surface area contributed by atoms with Crippen molar-refractivity contribution in [3.8, 4) is 0 Å². The fraction of sp³-hybridized carbons (Fsp3) is 0.357. The molecule has 1 fully saturated rings. The number of aromatic nitrogens is 1. The zero-order valence-corrected chi connectivity index (χ0v) is 10.6. The monoisotopic (exact) mass is 242 g/mol. The first kappa shape index (κ1) is 11.3. The molecule has 94 valence electrons. The predicted molar refractivity (Wildman–Crippen MR) is 75.7 cm³/mol. The summed E-state index contributed by atoms with van der Waals surface area (Å²) in [5.74, 6) is 0.951. The molecule has 0 aliphatic carbocycles. The van der Waals surface area contributed by atoms with Crippen LogP contribution in [0.5, 0.6) is 0 Å². The van der Waals surface area contributed by atoms with Gasteiger partial charge in [0.15, 0.2) is 0 Å². The quantitative estimate of drug-likeness (QED) is 0.790. The minimum atomic E-state index is 0.508. The number of benzene rings is 1. The molecule has 3 N–H and O–H groups in total. The summed E-state index contributed by atoms with van der Waals surface area (Å²) in [6, 6.07) is 10.4. The topological polar surface area (TPSA) is 54.2 Å². The van der Waals surface area contributed by atoms with Crippen LogP contribution < -0.4 is 11.1 Å². The van der Waals surface area contributed by atoms with Crippen LogP contribution in [0.25, 0.3) is 10.9 Å². The van der Waals surface area contributed by atoms with Crippen molar-refractivity contribution in [3.63, 3.8) is 0 Å². The SMILES string of the molecule is CN1CCC(Nc2ccc3cc(N)ccc3n2)C1. The number of pyridine rings is 1. The van der Waals surface area contributed by atoms with E-state index in [0.29, 0.717) is 6.04 Å². The van der Waals surface area contributed by atoms with E-state index in [-0.39, 0.29) is 0 Å². The minimum Gasteiger partial charge on any atom is -0.399 e. The van der Waals surface area contributed by atoms with Crippen molar-refractivity contribution in [2.45, 2.75) is 12.5 Å². The normalized spacial score (nSPS) is 20.4. The molecule has 1 atom stereocenters. The number of rotatable bonds is 2. The van der Waals surface area contributed by atoms with Gasteiger partial charge in [-0.1, -0.05) is 0 Å². The fourth-order valence-corrected chi connectivity index (χ4v) is 2.49. The first-order chi connectivity index (χ1) is 8.70. The molecule has 4 heteroatoms. The molecule has 18 heavy (non-hydrogen) atoms. The molecule has 0 spiro atoms. The third-order valence-corrected chi connectivity index (χ3v) is 3.46. The number of anilines is 2. The van der Waals surface area contributed by atoms with Gasteiger partial charge in [-0.25, -0.2) is 4.98 Å². The molecule has 1 aliphatic rings. The van der Waals surface area contributed by atoms with Gasteiger partial charge in [-0.2, -0.15) is 0 Å². The van der Waals surface area contributed by atoms with Crippen molar-refractivity contribution < 1.29 is 0 Å². The number of hydrogen-bond donors (Lipinski definition) is 2. The first-order valence-electron chi connectivity index (χ1n) is 6.32. The van der Waals surface area contributed by atoms with Crippen molar-refractivity contribution in [3.05, 3.63) is 30.3 Å². The highest BCUT2D eigenvalue weighted by molar-refractivity contribution is 5.83. The van der Waals surface area contributed by atoms with E-state index in [2.05, 4.69) is 28.3 Å². The molecule has 1 aliphatic heterocycles. The van der Waals surface area contributed by atoms with Gasteiger partial charge >= 0.3 is 0 Å². The van der Waals surface area contributed by atoms with Gasteiger partial charge in [0.25, 0.3) is 0 Å². The second-order valence-corrected chi connectivity index (χ2v) is 5.04. The Bertz CT molecular complexity index is 567. The second kappa shape index (κ2) is 4.46. The number of nitrogens with zero attached hydrogens (tertiary/aromatic N) is 2. The summed E-state index contributed by atoms with van der Waals surface area (Å²) in [5, 5.41) is 4.58. The lowest BCUT2D eigenvalue weighted by Gasteiger charge is -2.13. The summed E-state index contributed by atoms with van der Waals surface area (Å²) in [7, 11) is 2.15. The number of nitrogen functional groups attached to an aromatic ring is 1. The van der Waals surface area contributed by atoms with E-state index in [1.807, 2.05) is 24.3 Å². The Hall–Kier alpha value is -1.81. The molecule has 1 aromatic carbocycles. The highest BCUT2D eigenvalue weighted by Gasteiger charge is 2.19. The van der Waals surface area contributed by atoms with E-state index < -0.39 is 0 Å². The predicted octanol–water partition coefficient (Wildman–Crippen LogP) is 1.93. The van der Waals surface area contributed by atoms with Gasteiger partial charge in [0.2, 0.25) is 0 Å². The van der Waals surface area contributed by atoms with Gasteiger partial charge < -0.3 is 16.0 Å². The first-order valence-corrected chi connectivity index (χ1v) is 6.32. The average Bonchev–Trinajstić information content (AvgIpc) is 2.75. The Morgan fingerprint density at radius 2 is 2.22 bits per heavy atom. The molecule has 2 heterocycles. The molecule has 1 aromatic heterocycles. The van der Waals surface area contributed by atoms with Crippen molar-refractivity contribution in [1.82, 2.24) is 9.88 Å². The number of likely N-dealkylation sites (tertiary alicyclic amines) is 1. The van der Waals surface area contributed by atoms with Crippen LogP contribution in [0.1, 0.15) is 6.42 Å². The molecule has 0 saturated carbocycles. The third kappa shape index (κ3) is 2.24. The standard InChI is InChI=1S/C14H18N4/c1-18-7-6-12(9-18)16-14-5-2-10-8-11(15)3-4-13(10)17-14/h2-5,8,12H,6-7,9,15H2,1H3,(H,16,17). The minimum absolute atomic E-state index is 0.508. The molecule has 0 radical (unpaired) electrons. The molecule has 1 saturated heterocycles. The number of nitrogens with one attached hydrogen (secondary N) is 1. The van der Waals surface area contributed by atoms with Crippen LogP contribution in [0.15, 0.2) is 30.3 Å². The Morgan fingerprint density at radius 1 is 1.33 bits per heavy atom. The van der Waals surface area contributed by atoms with Crippen LogP contribution in [-0.4, -0.2) is 36.1 Å².